The molecule has 4 rings (SSSR count). The number of aromatic nitrogens is 2. The summed E-state index contributed by atoms with van der Waals surface area (Å²) < 4.78 is 5.26. The van der Waals surface area contributed by atoms with E-state index >= 15 is 0 Å². The summed E-state index contributed by atoms with van der Waals surface area (Å²) in [5.41, 5.74) is 1.89. The van der Waals surface area contributed by atoms with E-state index in [4.69, 9.17) is 4.42 Å². The molecule has 0 aromatic carbocycles. The molecule has 0 bridgehead atoms. The monoisotopic (exact) mass is 312 g/mol. The standard InChI is InChI=1S/C17H20N4O2/c1-12-16(23-11-19-12)17(22)20-6-4-14-9-21(15(14)10-20)8-13-3-2-5-18-7-13/h2-3,5,7,11,14-15H,4,6,8-10H2,1H3/t14-,15-/m1/s1. The van der Waals surface area contributed by atoms with Gasteiger partial charge in [0.2, 0.25) is 5.76 Å². The van der Waals surface area contributed by atoms with Crippen LogP contribution >= 0.6 is 0 Å². The van der Waals surface area contributed by atoms with Gasteiger partial charge < -0.3 is 9.32 Å². The lowest BCUT2D eigenvalue weighted by atomic mass is 9.82. The molecule has 2 fully saturated rings. The molecule has 2 saturated heterocycles. The Kier molecular flexibility index (Phi) is 3.61. The smallest absolute Gasteiger partial charge is 0.291 e. The highest BCUT2D eigenvalue weighted by molar-refractivity contribution is 5.92. The molecule has 0 saturated carbocycles. The fraction of sp³-hybridized carbons (Fsp3) is 0.471. The topological polar surface area (TPSA) is 62.5 Å². The van der Waals surface area contributed by atoms with Gasteiger partial charge in [0.05, 0.1) is 5.69 Å². The molecule has 1 amide bonds. The van der Waals surface area contributed by atoms with Crippen molar-refractivity contribution >= 4 is 5.91 Å². The second-order valence-electron chi connectivity index (χ2n) is 6.42. The zero-order chi connectivity index (χ0) is 15.8. The molecule has 2 aliphatic heterocycles. The van der Waals surface area contributed by atoms with E-state index in [2.05, 4.69) is 20.9 Å². The van der Waals surface area contributed by atoms with E-state index in [1.807, 2.05) is 24.1 Å². The van der Waals surface area contributed by atoms with E-state index < -0.39 is 0 Å². The number of rotatable bonds is 3. The van der Waals surface area contributed by atoms with Gasteiger partial charge in [-0.2, -0.15) is 0 Å². The highest BCUT2D eigenvalue weighted by Crippen LogP contribution is 2.34. The van der Waals surface area contributed by atoms with Crippen LogP contribution in [0.5, 0.6) is 0 Å². The molecule has 0 aliphatic carbocycles. The number of nitrogens with zero attached hydrogens (tertiary/aromatic N) is 4. The maximum Gasteiger partial charge on any atom is 0.291 e. The van der Waals surface area contributed by atoms with E-state index in [0.29, 0.717) is 23.4 Å². The molecule has 2 aromatic rings. The molecule has 6 nitrogen and oxygen atoms in total. The summed E-state index contributed by atoms with van der Waals surface area (Å²) in [5.74, 6) is 1.04. The minimum atomic E-state index is -0.0355. The predicted octanol–water partition coefficient (Wildman–Crippen LogP) is 1.72. The Balaban J connectivity index is 1.42. The van der Waals surface area contributed by atoms with Crippen LogP contribution in [0.4, 0.5) is 0 Å². The number of carbonyl (C=O) groups excluding carboxylic acids is 1. The molecule has 120 valence electrons. The van der Waals surface area contributed by atoms with Gasteiger partial charge in [0.25, 0.3) is 5.91 Å². The van der Waals surface area contributed by atoms with E-state index in [0.717, 1.165) is 32.6 Å². The SMILES string of the molecule is Cc1ncoc1C(=O)N1CC[C@@H]2CN(Cc3cccnc3)[C@@H]2C1. The zero-order valence-electron chi connectivity index (χ0n) is 13.2. The minimum Gasteiger partial charge on any atom is -0.438 e. The van der Waals surface area contributed by atoms with Gasteiger partial charge in [-0.1, -0.05) is 6.07 Å². The van der Waals surface area contributed by atoms with Gasteiger partial charge in [0, 0.05) is 44.6 Å². The highest BCUT2D eigenvalue weighted by Gasteiger charge is 2.43. The van der Waals surface area contributed by atoms with Crippen molar-refractivity contribution in [3.63, 3.8) is 0 Å². The van der Waals surface area contributed by atoms with Gasteiger partial charge in [0.15, 0.2) is 6.39 Å². The summed E-state index contributed by atoms with van der Waals surface area (Å²) in [6.07, 6.45) is 6.11. The molecular formula is C17H20N4O2. The molecule has 2 aliphatic rings. The number of oxazole rings is 1. The van der Waals surface area contributed by atoms with Crippen LogP contribution in [-0.2, 0) is 6.54 Å². The van der Waals surface area contributed by atoms with Crippen LogP contribution in [0.3, 0.4) is 0 Å². The van der Waals surface area contributed by atoms with Crippen LogP contribution in [0, 0.1) is 12.8 Å². The second kappa shape index (κ2) is 5.77. The van der Waals surface area contributed by atoms with E-state index in [1.54, 1.807) is 6.20 Å². The Morgan fingerprint density at radius 2 is 2.35 bits per heavy atom. The third kappa shape index (κ3) is 2.63. The largest absolute Gasteiger partial charge is 0.438 e. The molecule has 0 N–H and O–H groups in total. The first-order valence-corrected chi connectivity index (χ1v) is 8.04. The molecule has 0 spiro atoms. The Morgan fingerprint density at radius 3 is 3.09 bits per heavy atom. The number of hydrogen-bond donors (Lipinski definition) is 0. The summed E-state index contributed by atoms with van der Waals surface area (Å²) in [6.45, 7) is 5.40. The lowest BCUT2D eigenvalue weighted by Gasteiger charge is -2.53. The van der Waals surface area contributed by atoms with Crippen molar-refractivity contribution in [1.29, 1.82) is 0 Å². The maximum absolute atomic E-state index is 12.6. The first-order valence-electron chi connectivity index (χ1n) is 8.04. The fourth-order valence-electron chi connectivity index (χ4n) is 3.65. The molecule has 0 unspecified atom stereocenters. The maximum atomic E-state index is 12.6. The van der Waals surface area contributed by atoms with Crippen molar-refractivity contribution in [2.24, 2.45) is 5.92 Å². The van der Waals surface area contributed by atoms with Crippen molar-refractivity contribution in [2.45, 2.75) is 25.9 Å². The molecule has 23 heavy (non-hydrogen) atoms. The lowest BCUT2D eigenvalue weighted by Crippen LogP contribution is -2.64. The average molecular weight is 312 g/mol. The van der Waals surface area contributed by atoms with Crippen molar-refractivity contribution in [3.05, 3.63) is 47.9 Å². The Bertz CT molecular complexity index is 700. The number of piperidine rings is 1. The third-order valence-corrected chi connectivity index (χ3v) is 4.99. The quantitative estimate of drug-likeness (QED) is 0.863. The van der Waals surface area contributed by atoms with E-state index in [-0.39, 0.29) is 5.91 Å². The van der Waals surface area contributed by atoms with E-state index in [1.165, 1.54) is 12.0 Å². The van der Waals surface area contributed by atoms with Crippen LogP contribution in [-0.4, -0.2) is 51.4 Å². The van der Waals surface area contributed by atoms with Crippen LogP contribution < -0.4 is 0 Å². The Hall–Kier alpha value is -2.21. The molecule has 2 aromatic heterocycles. The lowest BCUT2D eigenvalue weighted by molar-refractivity contribution is -0.0433. The van der Waals surface area contributed by atoms with Crippen LogP contribution in [0.2, 0.25) is 0 Å². The number of likely N-dealkylation sites (tertiary alicyclic amines) is 2. The Labute approximate surface area is 135 Å². The van der Waals surface area contributed by atoms with Gasteiger partial charge in [-0.05, 0) is 30.9 Å². The van der Waals surface area contributed by atoms with Gasteiger partial charge in [-0.25, -0.2) is 4.98 Å². The van der Waals surface area contributed by atoms with Crippen molar-refractivity contribution in [2.75, 3.05) is 19.6 Å². The van der Waals surface area contributed by atoms with Gasteiger partial charge in [-0.3, -0.25) is 14.7 Å². The van der Waals surface area contributed by atoms with Gasteiger partial charge in [0.1, 0.15) is 0 Å². The van der Waals surface area contributed by atoms with Gasteiger partial charge >= 0.3 is 0 Å². The number of hydrogen-bond acceptors (Lipinski definition) is 5. The molecule has 2 atom stereocenters. The van der Waals surface area contributed by atoms with Crippen molar-refractivity contribution in [1.82, 2.24) is 19.8 Å². The summed E-state index contributed by atoms with van der Waals surface area (Å²) in [4.78, 5) is 25.1. The number of amides is 1. The van der Waals surface area contributed by atoms with E-state index in [9.17, 15) is 4.79 Å². The Morgan fingerprint density at radius 1 is 1.43 bits per heavy atom. The summed E-state index contributed by atoms with van der Waals surface area (Å²) in [6, 6.07) is 4.51. The highest BCUT2D eigenvalue weighted by atomic mass is 16.3. The average Bonchev–Trinajstić information content (AvgIpc) is 2.99. The van der Waals surface area contributed by atoms with Crippen molar-refractivity contribution < 1.29 is 9.21 Å². The first kappa shape index (κ1) is 14.4. The fourth-order valence-corrected chi connectivity index (χ4v) is 3.65. The number of carbonyl (C=O) groups is 1. The predicted molar refractivity (Wildman–Crippen MR) is 83.7 cm³/mol. The van der Waals surface area contributed by atoms with Crippen molar-refractivity contribution in [3.8, 4) is 0 Å². The zero-order valence-corrected chi connectivity index (χ0v) is 13.2. The van der Waals surface area contributed by atoms with Crippen LogP contribution in [0.1, 0.15) is 28.2 Å². The summed E-state index contributed by atoms with van der Waals surface area (Å²) >= 11 is 0. The molecule has 4 heterocycles. The number of pyridine rings is 1. The van der Waals surface area contributed by atoms with Crippen LogP contribution in [0.15, 0.2) is 35.3 Å². The van der Waals surface area contributed by atoms with Gasteiger partial charge in [-0.15, -0.1) is 0 Å². The molecule has 6 heteroatoms. The molecular weight excluding hydrogens is 292 g/mol. The molecule has 0 radical (unpaired) electrons. The first-order chi connectivity index (χ1) is 11.2. The minimum absolute atomic E-state index is 0.0355. The number of aryl methyl sites for hydroxylation is 1. The summed E-state index contributed by atoms with van der Waals surface area (Å²) in [7, 11) is 0. The second-order valence-corrected chi connectivity index (χ2v) is 6.42. The third-order valence-electron chi connectivity index (χ3n) is 4.99. The number of fused-ring (bicyclic) bond motifs is 1. The normalized spacial score (nSPS) is 24.1. The van der Waals surface area contributed by atoms with Crippen LogP contribution in [0.25, 0.3) is 0 Å². The summed E-state index contributed by atoms with van der Waals surface area (Å²) in [5, 5.41) is 0.